The number of guanidine groups is 1. The first kappa shape index (κ1) is 22.7. The van der Waals surface area contributed by atoms with E-state index in [2.05, 4.69) is 22.1 Å². The number of nitrogens with zero attached hydrogens (tertiary/aromatic N) is 3. The summed E-state index contributed by atoms with van der Waals surface area (Å²) in [4.78, 5) is 20.9. The molecule has 1 fully saturated rings. The maximum absolute atomic E-state index is 12.3. The lowest BCUT2D eigenvalue weighted by Crippen LogP contribution is -2.45. The Bertz CT molecular complexity index is 576. The number of rotatable bonds is 5. The van der Waals surface area contributed by atoms with E-state index in [1.54, 1.807) is 0 Å². The number of nitrogens with one attached hydrogen (secondary N) is 1. The molecule has 0 aliphatic carbocycles. The lowest BCUT2D eigenvalue weighted by Gasteiger charge is -2.32. The summed E-state index contributed by atoms with van der Waals surface area (Å²) >= 11 is 0. The standard InChI is InChI=1S/C20H32N4O.HI/c1-5-23(6-2)19(25)18-9-7-17(8-10-18)15-22-20(21-4)24-13-11-16(3)12-14-24;/h7-10,16H,5-6,11-15H2,1-4H3,(H,21,22);1H. The highest BCUT2D eigenvalue weighted by atomic mass is 127. The molecule has 1 aliphatic rings. The van der Waals surface area contributed by atoms with Crippen LogP contribution in [0.15, 0.2) is 29.3 Å². The second kappa shape index (κ2) is 11.4. The summed E-state index contributed by atoms with van der Waals surface area (Å²) < 4.78 is 0. The van der Waals surface area contributed by atoms with E-state index in [0.717, 1.165) is 55.7 Å². The molecule has 0 aromatic heterocycles. The number of halogens is 1. The van der Waals surface area contributed by atoms with Crippen LogP contribution in [0.25, 0.3) is 0 Å². The molecular formula is C20H33IN4O. The molecule has 1 heterocycles. The molecule has 1 aromatic rings. The van der Waals surface area contributed by atoms with E-state index in [-0.39, 0.29) is 29.9 Å². The van der Waals surface area contributed by atoms with Crippen LogP contribution in [0.1, 0.15) is 49.5 Å². The van der Waals surface area contributed by atoms with E-state index in [9.17, 15) is 4.79 Å². The molecule has 1 saturated heterocycles. The largest absolute Gasteiger partial charge is 0.352 e. The van der Waals surface area contributed by atoms with Gasteiger partial charge in [-0.15, -0.1) is 24.0 Å². The zero-order valence-electron chi connectivity index (χ0n) is 16.5. The zero-order chi connectivity index (χ0) is 18.2. The minimum absolute atomic E-state index is 0. The molecule has 0 spiro atoms. The van der Waals surface area contributed by atoms with Crippen LogP contribution in [0.5, 0.6) is 0 Å². The number of hydrogen-bond acceptors (Lipinski definition) is 2. The predicted octanol–water partition coefficient (Wildman–Crippen LogP) is 3.59. The minimum Gasteiger partial charge on any atom is -0.352 e. The quantitative estimate of drug-likeness (QED) is 0.405. The molecule has 1 aromatic carbocycles. The fourth-order valence-corrected chi connectivity index (χ4v) is 3.19. The molecule has 0 bridgehead atoms. The monoisotopic (exact) mass is 472 g/mol. The second-order valence-corrected chi connectivity index (χ2v) is 6.74. The average molecular weight is 472 g/mol. The molecule has 0 unspecified atom stereocenters. The summed E-state index contributed by atoms with van der Waals surface area (Å²) in [5.41, 5.74) is 1.91. The number of aliphatic imine (C=N–C) groups is 1. The van der Waals surface area contributed by atoms with Crippen molar-refractivity contribution >= 4 is 35.8 Å². The molecule has 0 radical (unpaired) electrons. The van der Waals surface area contributed by atoms with Gasteiger partial charge in [0, 0.05) is 45.3 Å². The van der Waals surface area contributed by atoms with Crippen molar-refractivity contribution in [2.45, 2.75) is 40.2 Å². The van der Waals surface area contributed by atoms with Gasteiger partial charge in [-0.25, -0.2) is 0 Å². The summed E-state index contributed by atoms with van der Waals surface area (Å²) in [6.07, 6.45) is 2.45. The zero-order valence-corrected chi connectivity index (χ0v) is 18.8. The second-order valence-electron chi connectivity index (χ2n) is 6.74. The molecule has 0 atom stereocenters. The predicted molar refractivity (Wildman–Crippen MR) is 119 cm³/mol. The van der Waals surface area contributed by atoms with Crippen LogP contribution in [-0.4, -0.2) is 54.9 Å². The van der Waals surface area contributed by atoms with Crippen molar-refractivity contribution < 1.29 is 4.79 Å². The first-order chi connectivity index (χ1) is 12.1. The van der Waals surface area contributed by atoms with Gasteiger partial charge in [0.1, 0.15) is 0 Å². The molecule has 1 amide bonds. The number of benzene rings is 1. The summed E-state index contributed by atoms with van der Waals surface area (Å²) in [6.45, 7) is 10.7. The Balaban J connectivity index is 0.00000338. The number of carbonyl (C=O) groups excluding carboxylic acids is 1. The van der Waals surface area contributed by atoms with Gasteiger partial charge in [-0.05, 0) is 50.3 Å². The summed E-state index contributed by atoms with van der Waals surface area (Å²) in [5, 5.41) is 3.44. The minimum atomic E-state index is 0. The van der Waals surface area contributed by atoms with Crippen LogP contribution in [0.4, 0.5) is 0 Å². The van der Waals surface area contributed by atoms with E-state index in [0.29, 0.717) is 0 Å². The van der Waals surface area contributed by atoms with Crippen molar-refractivity contribution in [1.82, 2.24) is 15.1 Å². The normalized spacial score (nSPS) is 15.4. The molecular weight excluding hydrogens is 439 g/mol. The lowest BCUT2D eigenvalue weighted by molar-refractivity contribution is 0.0773. The summed E-state index contributed by atoms with van der Waals surface area (Å²) in [7, 11) is 1.84. The van der Waals surface area contributed by atoms with Crippen LogP contribution in [0.2, 0.25) is 0 Å². The topological polar surface area (TPSA) is 47.9 Å². The van der Waals surface area contributed by atoms with Crippen LogP contribution >= 0.6 is 24.0 Å². The van der Waals surface area contributed by atoms with E-state index in [4.69, 9.17) is 0 Å². The SMILES string of the molecule is CCN(CC)C(=O)c1ccc(CNC(=NC)N2CCC(C)CC2)cc1.I. The van der Waals surface area contributed by atoms with Gasteiger partial charge in [-0.1, -0.05) is 19.1 Å². The van der Waals surface area contributed by atoms with Crippen LogP contribution in [-0.2, 0) is 6.54 Å². The van der Waals surface area contributed by atoms with E-state index in [1.807, 2.05) is 50.1 Å². The number of amides is 1. The van der Waals surface area contributed by atoms with Gasteiger partial charge in [0.2, 0.25) is 0 Å². The number of hydrogen-bond donors (Lipinski definition) is 1. The summed E-state index contributed by atoms with van der Waals surface area (Å²) in [6, 6.07) is 7.89. The Kier molecular flexibility index (Phi) is 9.98. The molecule has 0 saturated carbocycles. The number of piperidine rings is 1. The lowest BCUT2D eigenvalue weighted by atomic mass is 9.99. The molecule has 2 rings (SSSR count). The van der Waals surface area contributed by atoms with Crippen LogP contribution in [0.3, 0.4) is 0 Å². The Morgan fingerprint density at radius 1 is 1.19 bits per heavy atom. The van der Waals surface area contributed by atoms with Crippen molar-refractivity contribution in [3.05, 3.63) is 35.4 Å². The maximum Gasteiger partial charge on any atom is 0.253 e. The molecule has 6 heteroatoms. The number of carbonyl (C=O) groups is 1. The molecule has 26 heavy (non-hydrogen) atoms. The van der Waals surface area contributed by atoms with Gasteiger partial charge in [-0.3, -0.25) is 9.79 Å². The molecule has 5 nitrogen and oxygen atoms in total. The van der Waals surface area contributed by atoms with Gasteiger partial charge in [0.05, 0.1) is 0 Å². The van der Waals surface area contributed by atoms with Gasteiger partial charge >= 0.3 is 0 Å². The van der Waals surface area contributed by atoms with Crippen molar-refractivity contribution in [2.75, 3.05) is 33.2 Å². The van der Waals surface area contributed by atoms with Crippen LogP contribution < -0.4 is 5.32 Å². The van der Waals surface area contributed by atoms with Crippen molar-refractivity contribution in [2.24, 2.45) is 10.9 Å². The molecule has 1 aliphatic heterocycles. The van der Waals surface area contributed by atoms with Gasteiger partial charge in [0.25, 0.3) is 5.91 Å². The van der Waals surface area contributed by atoms with Crippen molar-refractivity contribution in [3.8, 4) is 0 Å². The highest BCUT2D eigenvalue weighted by Crippen LogP contribution is 2.16. The van der Waals surface area contributed by atoms with E-state index >= 15 is 0 Å². The highest BCUT2D eigenvalue weighted by Gasteiger charge is 2.18. The fraction of sp³-hybridized carbons (Fsp3) is 0.600. The third-order valence-electron chi connectivity index (χ3n) is 5.00. The average Bonchev–Trinajstić information content (AvgIpc) is 2.65. The first-order valence-electron chi connectivity index (χ1n) is 9.42. The third kappa shape index (κ3) is 6.14. The molecule has 146 valence electrons. The van der Waals surface area contributed by atoms with Gasteiger partial charge < -0.3 is 15.1 Å². The van der Waals surface area contributed by atoms with E-state index < -0.39 is 0 Å². The fourth-order valence-electron chi connectivity index (χ4n) is 3.19. The number of likely N-dealkylation sites (tertiary alicyclic amines) is 1. The van der Waals surface area contributed by atoms with Crippen molar-refractivity contribution in [3.63, 3.8) is 0 Å². The highest BCUT2D eigenvalue weighted by molar-refractivity contribution is 14.0. The van der Waals surface area contributed by atoms with Crippen molar-refractivity contribution in [1.29, 1.82) is 0 Å². The molecule has 1 N–H and O–H groups in total. The smallest absolute Gasteiger partial charge is 0.253 e. The Labute approximate surface area is 175 Å². The Morgan fingerprint density at radius 2 is 1.77 bits per heavy atom. The van der Waals surface area contributed by atoms with Gasteiger partial charge in [0.15, 0.2) is 5.96 Å². The Hall–Kier alpha value is -1.31. The Morgan fingerprint density at radius 3 is 2.27 bits per heavy atom. The van der Waals surface area contributed by atoms with Gasteiger partial charge in [-0.2, -0.15) is 0 Å². The first-order valence-corrected chi connectivity index (χ1v) is 9.42. The van der Waals surface area contributed by atoms with E-state index in [1.165, 1.54) is 12.8 Å². The maximum atomic E-state index is 12.3. The summed E-state index contributed by atoms with van der Waals surface area (Å²) in [5.74, 6) is 1.88. The van der Waals surface area contributed by atoms with Crippen LogP contribution in [0, 0.1) is 5.92 Å². The third-order valence-corrected chi connectivity index (χ3v) is 5.00.